The normalized spacial score (nSPS) is 11.3. The first-order valence-electron chi connectivity index (χ1n) is 5.69. The second kappa shape index (κ2) is 5.91. The number of anilines is 1. The van der Waals surface area contributed by atoms with Gasteiger partial charge in [0.2, 0.25) is 0 Å². The van der Waals surface area contributed by atoms with Crippen LogP contribution in [0.1, 0.15) is 0 Å². The second-order valence-electron chi connectivity index (χ2n) is 4.36. The van der Waals surface area contributed by atoms with Crippen molar-refractivity contribution in [2.75, 3.05) is 32.1 Å². The molecule has 0 aliphatic heterocycles. The van der Waals surface area contributed by atoms with Gasteiger partial charge in [0.05, 0.1) is 17.4 Å². The highest BCUT2D eigenvalue weighted by atomic mass is 79.9. The molecule has 0 amide bonds. The predicted molar refractivity (Wildman–Crippen MR) is 83.1 cm³/mol. The van der Waals surface area contributed by atoms with Gasteiger partial charge in [-0.3, -0.25) is 4.98 Å². The summed E-state index contributed by atoms with van der Waals surface area (Å²) < 4.78 is 1.05. The molecule has 0 unspecified atom stereocenters. The Morgan fingerprint density at radius 1 is 1.39 bits per heavy atom. The summed E-state index contributed by atoms with van der Waals surface area (Å²) in [6.45, 7) is 1.03. The number of thioether (sulfide) groups is 1. The molecule has 2 rings (SSSR count). The largest absolute Gasteiger partial charge is 0.397 e. The van der Waals surface area contributed by atoms with Gasteiger partial charge in [-0.15, -0.1) is 11.8 Å². The minimum absolute atomic E-state index is 0.754. The summed E-state index contributed by atoms with van der Waals surface area (Å²) in [6.07, 6.45) is 1.74. The zero-order valence-electron chi connectivity index (χ0n) is 10.5. The third kappa shape index (κ3) is 3.16. The molecule has 0 aliphatic carbocycles. The number of nitrogen functional groups attached to an aromatic ring is 1. The lowest BCUT2D eigenvalue weighted by atomic mass is 10.2. The van der Waals surface area contributed by atoms with Gasteiger partial charge < -0.3 is 10.6 Å². The smallest absolute Gasteiger partial charge is 0.0715 e. The Morgan fingerprint density at radius 2 is 2.17 bits per heavy atom. The number of benzene rings is 1. The molecule has 5 heteroatoms. The topological polar surface area (TPSA) is 42.1 Å². The van der Waals surface area contributed by atoms with E-state index in [1.807, 2.05) is 12.1 Å². The van der Waals surface area contributed by atoms with Crippen molar-refractivity contribution in [3.63, 3.8) is 0 Å². The van der Waals surface area contributed by atoms with Crippen LogP contribution in [0.25, 0.3) is 10.9 Å². The van der Waals surface area contributed by atoms with Crippen LogP contribution in [0.4, 0.5) is 5.69 Å². The minimum atomic E-state index is 0.754. The van der Waals surface area contributed by atoms with Gasteiger partial charge >= 0.3 is 0 Å². The van der Waals surface area contributed by atoms with E-state index in [2.05, 4.69) is 46.0 Å². The quantitative estimate of drug-likeness (QED) is 0.876. The van der Waals surface area contributed by atoms with Gasteiger partial charge in [0.15, 0.2) is 0 Å². The van der Waals surface area contributed by atoms with E-state index in [0.717, 1.165) is 38.3 Å². The molecule has 0 radical (unpaired) electrons. The lowest BCUT2D eigenvalue weighted by molar-refractivity contribution is 0.437. The number of halogens is 1. The molecule has 0 fully saturated rings. The van der Waals surface area contributed by atoms with Crippen molar-refractivity contribution >= 4 is 44.3 Å². The van der Waals surface area contributed by atoms with Gasteiger partial charge in [-0.2, -0.15) is 0 Å². The van der Waals surface area contributed by atoms with Crippen LogP contribution >= 0.6 is 27.7 Å². The van der Waals surface area contributed by atoms with Crippen LogP contribution in [0.15, 0.2) is 33.8 Å². The van der Waals surface area contributed by atoms with Crippen molar-refractivity contribution in [1.29, 1.82) is 0 Å². The fraction of sp³-hybridized carbons (Fsp3) is 0.308. The monoisotopic (exact) mass is 325 g/mol. The molecule has 1 heterocycles. The Morgan fingerprint density at radius 3 is 2.89 bits per heavy atom. The number of nitrogens with two attached hydrogens (primary N) is 1. The lowest BCUT2D eigenvalue weighted by Gasteiger charge is -2.12. The van der Waals surface area contributed by atoms with Crippen molar-refractivity contribution < 1.29 is 0 Å². The lowest BCUT2D eigenvalue weighted by Crippen LogP contribution is -2.14. The maximum atomic E-state index is 6.04. The third-order valence-electron chi connectivity index (χ3n) is 2.59. The Hall–Kier alpha value is -0.780. The van der Waals surface area contributed by atoms with Gasteiger partial charge in [-0.25, -0.2) is 0 Å². The number of rotatable bonds is 4. The van der Waals surface area contributed by atoms with Crippen molar-refractivity contribution in [1.82, 2.24) is 9.88 Å². The maximum absolute atomic E-state index is 6.04. The molecule has 18 heavy (non-hydrogen) atoms. The van der Waals surface area contributed by atoms with E-state index in [-0.39, 0.29) is 0 Å². The number of fused-ring (bicyclic) bond motifs is 1. The van der Waals surface area contributed by atoms with Crippen molar-refractivity contribution in [2.45, 2.75) is 4.90 Å². The number of pyridine rings is 1. The highest BCUT2D eigenvalue weighted by molar-refractivity contribution is 9.10. The summed E-state index contributed by atoms with van der Waals surface area (Å²) >= 11 is 5.28. The second-order valence-corrected chi connectivity index (χ2v) is 6.38. The maximum Gasteiger partial charge on any atom is 0.0715 e. The summed E-state index contributed by atoms with van der Waals surface area (Å²) in [5.41, 5.74) is 7.78. The zero-order valence-corrected chi connectivity index (χ0v) is 12.9. The van der Waals surface area contributed by atoms with Crippen LogP contribution in [0.3, 0.4) is 0 Å². The summed E-state index contributed by atoms with van der Waals surface area (Å²) in [4.78, 5) is 7.65. The van der Waals surface area contributed by atoms with E-state index in [0.29, 0.717) is 0 Å². The number of nitrogens with zero attached hydrogens (tertiary/aromatic N) is 2. The average Bonchev–Trinajstić information content (AvgIpc) is 2.31. The highest BCUT2D eigenvalue weighted by Crippen LogP contribution is 2.33. The van der Waals surface area contributed by atoms with E-state index < -0.39 is 0 Å². The predicted octanol–water partition coefficient (Wildman–Crippen LogP) is 3.23. The van der Waals surface area contributed by atoms with E-state index in [4.69, 9.17) is 5.73 Å². The van der Waals surface area contributed by atoms with Gasteiger partial charge in [-0.05, 0) is 32.3 Å². The highest BCUT2D eigenvalue weighted by Gasteiger charge is 2.08. The van der Waals surface area contributed by atoms with Crippen molar-refractivity contribution in [3.8, 4) is 0 Å². The molecule has 0 saturated carbocycles. The Balaban J connectivity index is 2.34. The Labute approximate surface area is 120 Å². The molecule has 0 saturated heterocycles. The Kier molecular flexibility index (Phi) is 4.48. The fourth-order valence-corrected chi connectivity index (χ4v) is 3.21. The molecule has 2 aromatic rings. The SMILES string of the molecule is CN(C)CCSc1c(N)cnc2ccc(Br)cc12. The fourth-order valence-electron chi connectivity index (χ4n) is 1.65. The Bertz CT molecular complexity index is 552. The molecular formula is C13H16BrN3S. The first-order valence-corrected chi connectivity index (χ1v) is 7.47. The molecule has 0 bridgehead atoms. The van der Waals surface area contributed by atoms with Crippen LogP contribution in [0.5, 0.6) is 0 Å². The summed E-state index contributed by atoms with van der Waals surface area (Å²) in [6, 6.07) is 6.09. The van der Waals surface area contributed by atoms with E-state index in [1.54, 1.807) is 18.0 Å². The van der Waals surface area contributed by atoms with Crippen LogP contribution < -0.4 is 5.73 Å². The van der Waals surface area contributed by atoms with Crippen LogP contribution in [0, 0.1) is 0 Å². The van der Waals surface area contributed by atoms with Gasteiger partial charge in [0, 0.05) is 27.1 Å². The zero-order chi connectivity index (χ0) is 13.1. The first-order chi connectivity index (χ1) is 8.58. The van der Waals surface area contributed by atoms with E-state index in [9.17, 15) is 0 Å². The van der Waals surface area contributed by atoms with Crippen molar-refractivity contribution in [2.24, 2.45) is 0 Å². The van der Waals surface area contributed by atoms with Gasteiger partial charge in [0.1, 0.15) is 0 Å². The summed E-state index contributed by atoms with van der Waals surface area (Å²) in [5, 5.41) is 1.12. The van der Waals surface area contributed by atoms with Gasteiger partial charge in [0.25, 0.3) is 0 Å². The minimum Gasteiger partial charge on any atom is -0.397 e. The standard InChI is InChI=1S/C13H16BrN3S/c1-17(2)5-6-18-13-10-7-9(14)3-4-12(10)16-8-11(13)15/h3-4,7-8H,5-6,15H2,1-2H3. The number of aromatic nitrogens is 1. The van der Waals surface area contributed by atoms with Crippen LogP contribution in [0.2, 0.25) is 0 Å². The molecule has 0 spiro atoms. The van der Waals surface area contributed by atoms with Gasteiger partial charge in [-0.1, -0.05) is 15.9 Å². The molecule has 1 aromatic heterocycles. The molecule has 96 valence electrons. The average molecular weight is 326 g/mol. The van der Waals surface area contributed by atoms with Crippen molar-refractivity contribution in [3.05, 3.63) is 28.9 Å². The number of hydrogen-bond donors (Lipinski definition) is 1. The molecule has 0 aliphatic rings. The van der Waals surface area contributed by atoms with E-state index >= 15 is 0 Å². The molecule has 2 N–H and O–H groups in total. The molecular weight excluding hydrogens is 310 g/mol. The molecule has 0 atom stereocenters. The molecule has 1 aromatic carbocycles. The third-order valence-corrected chi connectivity index (χ3v) is 4.22. The molecule has 3 nitrogen and oxygen atoms in total. The van der Waals surface area contributed by atoms with Crippen LogP contribution in [-0.4, -0.2) is 36.3 Å². The van der Waals surface area contributed by atoms with Crippen LogP contribution in [-0.2, 0) is 0 Å². The van der Waals surface area contributed by atoms with E-state index in [1.165, 1.54) is 0 Å². The summed E-state index contributed by atoms with van der Waals surface area (Å²) in [7, 11) is 4.15. The number of hydrogen-bond acceptors (Lipinski definition) is 4. The summed E-state index contributed by atoms with van der Waals surface area (Å²) in [5.74, 6) is 1.02. The first kappa shape index (κ1) is 13.6.